The topological polar surface area (TPSA) is 148 Å². The zero-order chi connectivity index (χ0) is 23.5. The van der Waals surface area contributed by atoms with Gasteiger partial charge in [-0.05, 0) is 18.1 Å². The van der Waals surface area contributed by atoms with Crippen LogP contribution in [0.3, 0.4) is 0 Å². The van der Waals surface area contributed by atoms with Gasteiger partial charge in [-0.2, -0.15) is 0 Å². The van der Waals surface area contributed by atoms with E-state index in [1.807, 2.05) is 6.07 Å². The molecule has 2 amide bonds. The fourth-order valence-corrected chi connectivity index (χ4v) is 2.76. The number of esters is 1. The van der Waals surface area contributed by atoms with Crippen LogP contribution in [0.4, 0.5) is 0 Å². The van der Waals surface area contributed by atoms with Crippen LogP contribution in [0.1, 0.15) is 18.1 Å². The number of carbonyl (C=O) groups is 4. The van der Waals surface area contributed by atoms with Gasteiger partial charge in [0.05, 0.1) is 6.61 Å². The van der Waals surface area contributed by atoms with Gasteiger partial charge in [0.15, 0.2) is 0 Å². The summed E-state index contributed by atoms with van der Waals surface area (Å²) in [5.41, 5.74) is 6.87. The average Bonchev–Trinajstić information content (AvgIpc) is 2.82. The van der Waals surface area contributed by atoms with Crippen LogP contribution in [0.5, 0.6) is 0 Å². The molecule has 2 aromatic rings. The standard InChI is InChI=1S/C23H27N3O6/c1-15(25-22(30)18(24)13-27)21(29)26-19(12-16-8-4-2-5-9-16)20(28)23(31)32-14-17-10-6-3-7-11-17/h2-11,15,18-19,27H,12-14,24H2,1H3,(H,25,30)(H,26,29)/t15-,18-,19-/m0/s1. The molecule has 3 atom stereocenters. The number of nitrogens with two attached hydrogens (primary N) is 1. The van der Waals surface area contributed by atoms with E-state index in [0.717, 1.165) is 5.56 Å². The van der Waals surface area contributed by atoms with Crippen molar-refractivity contribution in [3.63, 3.8) is 0 Å². The maximum atomic E-state index is 12.8. The molecule has 9 nitrogen and oxygen atoms in total. The number of amides is 2. The van der Waals surface area contributed by atoms with E-state index < -0.39 is 48.3 Å². The van der Waals surface area contributed by atoms with Crippen molar-refractivity contribution >= 4 is 23.6 Å². The number of carbonyl (C=O) groups excluding carboxylic acids is 4. The molecule has 0 unspecified atom stereocenters. The smallest absolute Gasteiger partial charge is 0.377 e. The zero-order valence-electron chi connectivity index (χ0n) is 17.7. The first-order valence-electron chi connectivity index (χ1n) is 10.1. The van der Waals surface area contributed by atoms with Crippen LogP contribution >= 0.6 is 0 Å². The number of hydrogen-bond donors (Lipinski definition) is 4. The number of ether oxygens (including phenoxy) is 1. The summed E-state index contributed by atoms with van der Waals surface area (Å²) in [6.45, 7) is 0.737. The number of aliphatic hydroxyl groups excluding tert-OH is 1. The highest BCUT2D eigenvalue weighted by Crippen LogP contribution is 2.07. The monoisotopic (exact) mass is 441 g/mol. The minimum absolute atomic E-state index is 0.0582. The molecule has 170 valence electrons. The molecule has 2 rings (SSSR count). The summed E-state index contributed by atoms with van der Waals surface area (Å²) in [6, 6.07) is 14.3. The van der Waals surface area contributed by atoms with Gasteiger partial charge in [-0.15, -0.1) is 0 Å². The normalized spacial score (nSPS) is 13.3. The molecule has 0 spiro atoms. The van der Waals surface area contributed by atoms with Crippen molar-refractivity contribution < 1.29 is 29.0 Å². The summed E-state index contributed by atoms with van der Waals surface area (Å²) in [5, 5.41) is 13.8. The lowest BCUT2D eigenvalue weighted by Gasteiger charge is -2.21. The Kier molecular flexibility index (Phi) is 9.52. The molecule has 32 heavy (non-hydrogen) atoms. The van der Waals surface area contributed by atoms with Crippen molar-refractivity contribution in [3.8, 4) is 0 Å². The third kappa shape index (κ3) is 7.60. The molecule has 0 fully saturated rings. The minimum atomic E-state index is -1.20. The largest absolute Gasteiger partial charge is 0.455 e. The molecule has 9 heteroatoms. The van der Waals surface area contributed by atoms with Crippen molar-refractivity contribution in [3.05, 3.63) is 71.8 Å². The summed E-state index contributed by atoms with van der Waals surface area (Å²) < 4.78 is 5.11. The Bertz CT molecular complexity index is 920. The van der Waals surface area contributed by atoms with E-state index in [1.54, 1.807) is 54.6 Å². The summed E-state index contributed by atoms with van der Waals surface area (Å²) in [6.07, 6.45) is 0.0582. The minimum Gasteiger partial charge on any atom is -0.455 e. The van der Waals surface area contributed by atoms with Crippen LogP contribution < -0.4 is 16.4 Å². The third-order valence-electron chi connectivity index (χ3n) is 4.62. The first kappa shape index (κ1) is 24.7. The van der Waals surface area contributed by atoms with E-state index in [1.165, 1.54) is 6.92 Å². The predicted octanol–water partition coefficient (Wildman–Crippen LogP) is -0.149. The van der Waals surface area contributed by atoms with Gasteiger partial charge in [0.1, 0.15) is 24.7 Å². The van der Waals surface area contributed by atoms with E-state index in [0.29, 0.717) is 5.56 Å². The summed E-state index contributed by atoms with van der Waals surface area (Å²) >= 11 is 0. The first-order valence-corrected chi connectivity index (χ1v) is 10.1. The van der Waals surface area contributed by atoms with Crippen molar-refractivity contribution in [2.75, 3.05) is 6.61 Å². The maximum Gasteiger partial charge on any atom is 0.377 e. The second kappa shape index (κ2) is 12.3. The van der Waals surface area contributed by atoms with Crippen LogP contribution in [0, 0.1) is 0 Å². The molecule has 0 aliphatic carbocycles. The van der Waals surface area contributed by atoms with Gasteiger partial charge in [-0.3, -0.25) is 14.4 Å². The van der Waals surface area contributed by atoms with Crippen LogP contribution in [-0.4, -0.2) is 53.4 Å². The summed E-state index contributed by atoms with van der Waals surface area (Å²) in [4.78, 5) is 49.5. The number of hydrogen-bond acceptors (Lipinski definition) is 7. The molecule has 2 aromatic carbocycles. The second-order valence-electron chi connectivity index (χ2n) is 7.20. The van der Waals surface area contributed by atoms with Gasteiger partial charge in [-0.25, -0.2) is 4.79 Å². The zero-order valence-corrected chi connectivity index (χ0v) is 17.7. The SMILES string of the molecule is C[C@H](NC(=O)[C@@H](N)CO)C(=O)N[C@@H](Cc1ccccc1)C(=O)C(=O)OCc1ccccc1. The Morgan fingerprint density at radius 2 is 1.47 bits per heavy atom. The van der Waals surface area contributed by atoms with Crippen LogP contribution in [0.2, 0.25) is 0 Å². The van der Waals surface area contributed by atoms with E-state index in [9.17, 15) is 19.2 Å². The van der Waals surface area contributed by atoms with Gasteiger partial charge in [-0.1, -0.05) is 60.7 Å². The van der Waals surface area contributed by atoms with Crippen LogP contribution in [0.25, 0.3) is 0 Å². The lowest BCUT2D eigenvalue weighted by Crippen LogP contribution is -2.55. The van der Waals surface area contributed by atoms with Crippen molar-refractivity contribution in [1.29, 1.82) is 0 Å². The van der Waals surface area contributed by atoms with Crippen LogP contribution in [0.15, 0.2) is 60.7 Å². The quantitative estimate of drug-likeness (QED) is 0.280. The number of rotatable bonds is 11. The van der Waals surface area contributed by atoms with E-state index in [2.05, 4.69) is 10.6 Å². The summed E-state index contributed by atoms with van der Waals surface area (Å²) in [5.74, 6) is -3.39. The average molecular weight is 441 g/mol. The lowest BCUT2D eigenvalue weighted by atomic mass is 10.0. The molecular weight excluding hydrogens is 414 g/mol. The van der Waals surface area contributed by atoms with Gasteiger partial charge in [0, 0.05) is 6.42 Å². The Morgan fingerprint density at radius 1 is 0.906 bits per heavy atom. The Hall–Kier alpha value is -3.56. The molecule has 0 saturated heterocycles. The molecule has 0 heterocycles. The Morgan fingerprint density at radius 3 is 2.03 bits per heavy atom. The number of nitrogens with one attached hydrogen (secondary N) is 2. The number of aliphatic hydroxyl groups is 1. The van der Waals surface area contributed by atoms with Crippen molar-refractivity contribution in [2.45, 2.75) is 38.1 Å². The predicted molar refractivity (Wildman–Crippen MR) is 116 cm³/mol. The Balaban J connectivity index is 2.07. The molecule has 0 aromatic heterocycles. The van der Waals surface area contributed by atoms with Crippen LogP contribution in [-0.2, 0) is 36.9 Å². The lowest BCUT2D eigenvalue weighted by molar-refractivity contribution is -0.156. The van der Waals surface area contributed by atoms with Crippen molar-refractivity contribution in [2.24, 2.45) is 5.73 Å². The highest BCUT2D eigenvalue weighted by molar-refractivity contribution is 6.36. The highest BCUT2D eigenvalue weighted by Gasteiger charge is 2.30. The summed E-state index contributed by atoms with van der Waals surface area (Å²) in [7, 11) is 0. The molecule has 5 N–H and O–H groups in total. The molecule has 0 bridgehead atoms. The fourth-order valence-electron chi connectivity index (χ4n) is 2.76. The fraction of sp³-hybridized carbons (Fsp3) is 0.304. The van der Waals surface area contributed by atoms with Gasteiger partial charge in [0.25, 0.3) is 5.78 Å². The Labute approximate surface area is 185 Å². The number of ketones is 1. The molecule has 0 aliphatic rings. The van der Waals surface area contributed by atoms with E-state index in [4.69, 9.17) is 15.6 Å². The molecule has 0 radical (unpaired) electrons. The van der Waals surface area contributed by atoms with E-state index in [-0.39, 0.29) is 13.0 Å². The number of Topliss-reactive ketones (excluding diaryl/α,β-unsaturated/α-hetero) is 1. The van der Waals surface area contributed by atoms with Gasteiger partial charge >= 0.3 is 5.97 Å². The second-order valence-corrected chi connectivity index (χ2v) is 7.20. The van der Waals surface area contributed by atoms with E-state index >= 15 is 0 Å². The maximum absolute atomic E-state index is 12.8. The first-order chi connectivity index (χ1) is 15.3. The number of benzene rings is 2. The van der Waals surface area contributed by atoms with Gasteiger partial charge < -0.3 is 26.2 Å². The van der Waals surface area contributed by atoms with Crippen molar-refractivity contribution in [1.82, 2.24) is 10.6 Å². The molecule has 0 saturated carbocycles. The molecular formula is C23H27N3O6. The third-order valence-corrected chi connectivity index (χ3v) is 4.62. The molecule has 0 aliphatic heterocycles. The highest BCUT2D eigenvalue weighted by atomic mass is 16.5. The van der Waals surface area contributed by atoms with Gasteiger partial charge in [0.2, 0.25) is 11.8 Å².